The fourth-order valence-corrected chi connectivity index (χ4v) is 4.35. The van der Waals surface area contributed by atoms with Crippen LogP contribution in [0.25, 0.3) is 33.2 Å². The summed E-state index contributed by atoms with van der Waals surface area (Å²) in [7, 11) is 0. The minimum atomic E-state index is -0.671. The van der Waals surface area contributed by atoms with Gasteiger partial charge in [-0.15, -0.1) is 0 Å². The molecule has 4 aromatic rings. The Morgan fingerprint density at radius 2 is 1.67 bits per heavy atom. The van der Waals surface area contributed by atoms with Crippen LogP contribution in [0.3, 0.4) is 0 Å². The number of halogens is 1. The summed E-state index contributed by atoms with van der Waals surface area (Å²) >= 11 is 6.19. The number of carbonyl (C=O) groups excluding carboxylic acids is 1. The Bertz CT molecular complexity index is 1310. The Morgan fingerprint density at radius 3 is 2.27 bits per heavy atom. The van der Waals surface area contributed by atoms with Crippen molar-refractivity contribution in [3.8, 4) is 22.4 Å². The van der Waals surface area contributed by atoms with E-state index in [1.54, 1.807) is 13.1 Å². The van der Waals surface area contributed by atoms with Crippen LogP contribution in [0, 0.1) is 6.92 Å². The zero-order valence-corrected chi connectivity index (χ0v) is 20.4. The molecular weight excluding hydrogens is 430 g/mol. The third-order valence-electron chi connectivity index (χ3n) is 5.58. The first-order valence-corrected chi connectivity index (χ1v) is 11.4. The molecular formula is C29H28ClNO2. The molecule has 4 rings (SSSR count). The van der Waals surface area contributed by atoms with Crippen LogP contribution in [0.4, 0.5) is 0 Å². The average molecular weight is 458 g/mol. The van der Waals surface area contributed by atoms with Gasteiger partial charge in [0, 0.05) is 16.8 Å². The predicted octanol–water partition coefficient (Wildman–Crippen LogP) is 7.98. The highest BCUT2D eigenvalue weighted by atomic mass is 35.5. The Hall–Kier alpha value is -3.01. The molecule has 168 valence electrons. The Balaban J connectivity index is 2.02. The lowest BCUT2D eigenvalue weighted by atomic mass is 9.85. The van der Waals surface area contributed by atoms with E-state index in [9.17, 15) is 4.79 Å². The first kappa shape index (κ1) is 23.2. The molecule has 1 heterocycles. The number of nitrogens with zero attached hydrogens (tertiary/aromatic N) is 1. The molecule has 0 spiro atoms. The summed E-state index contributed by atoms with van der Waals surface area (Å²) in [6.07, 6.45) is 1.13. The molecule has 3 nitrogen and oxygen atoms in total. The summed E-state index contributed by atoms with van der Waals surface area (Å²) in [6.45, 7) is 9.56. The molecule has 0 aliphatic heterocycles. The molecule has 4 heteroatoms. The van der Waals surface area contributed by atoms with Gasteiger partial charge in [-0.1, -0.05) is 48.0 Å². The highest BCUT2D eigenvalue weighted by molar-refractivity contribution is 6.30. The normalized spacial score (nSPS) is 12.7. The molecule has 0 radical (unpaired) electrons. The number of rotatable bonds is 5. The van der Waals surface area contributed by atoms with E-state index < -0.39 is 11.7 Å². The van der Waals surface area contributed by atoms with Crippen molar-refractivity contribution in [3.05, 3.63) is 89.1 Å². The lowest BCUT2D eigenvalue weighted by molar-refractivity contribution is -0.138. The molecule has 1 aromatic heterocycles. The minimum absolute atomic E-state index is 0.0207. The number of hydrogen-bond acceptors (Lipinski definition) is 3. The molecule has 0 saturated heterocycles. The number of aryl methyl sites for hydroxylation is 1. The maximum Gasteiger partial charge on any atom is 0.163 e. The van der Waals surface area contributed by atoms with E-state index >= 15 is 0 Å². The number of hydrogen-bond donors (Lipinski definition) is 0. The van der Waals surface area contributed by atoms with E-state index in [4.69, 9.17) is 16.3 Å². The highest BCUT2D eigenvalue weighted by Crippen LogP contribution is 2.41. The Morgan fingerprint density at radius 1 is 0.970 bits per heavy atom. The van der Waals surface area contributed by atoms with Crippen molar-refractivity contribution >= 4 is 28.2 Å². The second-order valence-corrected chi connectivity index (χ2v) is 9.80. The van der Waals surface area contributed by atoms with Crippen molar-refractivity contribution in [3.63, 3.8) is 0 Å². The molecule has 1 atom stereocenters. The number of ether oxygens (including phenoxy) is 1. The van der Waals surface area contributed by atoms with Gasteiger partial charge in [0.15, 0.2) is 5.78 Å². The summed E-state index contributed by atoms with van der Waals surface area (Å²) in [6, 6.07) is 22.2. The van der Waals surface area contributed by atoms with Gasteiger partial charge in [-0.25, -0.2) is 0 Å². The number of Topliss-reactive ketones (excluding diaryl/α,β-unsaturated/α-hetero) is 1. The first-order chi connectivity index (χ1) is 15.6. The molecule has 0 saturated carbocycles. The molecule has 3 aromatic carbocycles. The standard InChI is InChI=1S/C29H28ClNO2/c1-18-16-22-17-21(25-8-6-7-15-31-25)11-14-24(22)27(20-9-12-23(30)13-10-20)26(18)28(19(2)32)33-29(3,4)5/h6-17,28H,1-5H3/t28-/m1/s1. The summed E-state index contributed by atoms with van der Waals surface area (Å²) in [5, 5.41) is 2.81. The van der Waals surface area contributed by atoms with Crippen molar-refractivity contribution in [2.45, 2.75) is 46.3 Å². The van der Waals surface area contributed by atoms with Gasteiger partial charge in [0.1, 0.15) is 6.10 Å². The fourth-order valence-electron chi connectivity index (χ4n) is 4.22. The maximum atomic E-state index is 12.8. The number of aromatic nitrogens is 1. The predicted molar refractivity (Wildman–Crippen MR) is 137 cm³/mol. The van der Waals surface area contributed by atoms with Crippen LogP contribution < -0.4 is 0 Å². The van der Waals surface area contributed by atoms with Crippen LogP contribution in [0.15, 0.2) is 72.9 Å². The molecule has 33 heavy (non-hydrogen) atoms. The number of benzene rings is 3. The van der Waals surface area contributed by atoms with Gasteiger partial charge in [0.2, 0.25) is 0 Å². The topological polar surface area (TPSA) is 39.2 Å². The van der Waals surface area contributed by atoms with Crippen molar-refractivity contribution < 1.29 is 9.53 Å². The number of carbonyl (C=O) groups is 1. The van der Waals surface area contributed by atoms with Gasteiger partial charge in [0.25, 0.3) is 0 Å². The van der Waals surface area contributed by atoms with Gasteiger partial charge < -0.3 is 4.74 Å². The van der Waals surface area contributed by atoms with Gasteiger partial charge >= 0.3 is 0 Å². The van der Waals surface area contributed by atoms with Gasteiger partial charge in [-0.2, -0.15) is 0 Å². The van der Waals surface area contributed by atoms with Crippen LogP contribution in [0.5, 0.6) is 0 Å². The van der Waals surface area contributed by atoms with Crippen LogP contribution in [0.1, 0.15) is 44.9 Å². The highest BCUT2D eigenvalue weighted by Gasteiger charge is 2.29. The molecule has 0 aliphatic carbocycles. The summed E-state index contributed by atoms with van der Waals surface area (Å²) in [5.41, 5.74) is 5.40. The molecule has 0 bridgehead atoms. The zero-order valence-electron chi connectivity index (χ0n) is 19.6. The van der Waals surface area contributed by atoms with Crippen molar-refractivity contribution in [2.75, 3.05) is 0 Å². The molecule has 0 unspecified atom stereocenters. The van der Waals surface area contributed by atoms with Crippen molar-refractivity contribution in [1.29, 1.82) is 0 Å². The quantitative estimate of drug-likeness (QED) is 0.305. The van der Waals surface area contributed by atoms with E-state index in [0.717, 1.165) is 44.3 Å². The van der Waals surface area contributed by atoms with Crippen LogP contribution in [0.2, 0.25) is 5.02 Å². The molecule has 0 fully saturated rings. The summed E-state index contributed by atoms with van der Waals surface area (Å²) in [5.74, 6) is -0.0207. The summed E-state index contributed by atoms with van der Waals surface area (Å²) < 4.78 is 6.31. The third kappa shape index (κ3) is 5.00. The number of pyridine rings is 1. The first-order valence-electron chi connectivity index (χ1n) is 11.1. The fraction of sp³-hybridized carbons (Fsp3) is 0.241. The number of fused-ring (bicyclic) bond motifs is 1. The molecule has 0 aliphatic rings. The molecule has 0 amide bonds. The van der Waals surface area contributed by atoms with Gasteiger partial charge in [-0.3, -0.25) is 9.78 Å². The second kappa shape index (κ2) is 9.09. The largest absolute Gasteiger partial charge is 0.360 e. The van der Waals surface area contributed by atoms with Gasteiger partial charge in [-0.05, 0) is 98.0 Å². The Kier molecular flexibility index (Phi) is 6.38. The SMILES string of the molecule is CC(=O)[C@@H](OC(C)(C)C)c1c(C)cc2cc(-c3ccccn3)ccc2c1-c1ccc(Cl)cc1. The molecule has 0 N–H and O–H groups in total. The van der Waals surface area contributed by atoms with E-state index in [2.05, 4.69) is 29.2 Å². The average Bonchev–Trinajstić information content (AvgIpc) is 2.77. The zero-order chi connectivity index (χ0) is 23.8. The van der Waals surface area contributed by atoms with Crippen LogP contribution in [-0.2, 0) is 9.53 Å². The van der Waals surface area contributed by atoms with E-state index in [0.29, 0.717) is 5.02 Å². The van der Waals surface area contributed by atoms with E-state index in [-0.39, 0.29) is 5.78 Å². The second-order valence-electron chi connectivity index (χ2n) is 9.36. The third-order valence-corrected chi connectivity index (χ3v) is 5.84. The lowest BCUT2D eigenvalue weighted by Crippen LogP contribution is -2.27. The van der Waals surface area contributed by atoms with E-state index in [1.807, 2.05) is 70.2 Å². The number of ketones is 1. The van der Waals surface area contributed by atoms with E-state index in [1.165, 1.54) is 0 Å². The smallest absolute Gasteiger partial charge is 0.163 e. The lowest BCUT2D eigenvalue weighted by Gasteiger charge is -2.29. The monoisotopic (exact) mass is 457 g/mol. The van der Waals surface area contributed by atoms with Crippen molar-refractivity contribution in [1.82, 2.24) is 4.98 Å². The van der Waals surface area contributed by atoms with Crippen LogP contribution in [-0.4, -0.2) is 16.4 Å². The van der Waals surface area contributed by atoms with Crippen molar-refractivity contribution in [2.24, 2.45) is 0 Å². The van der Waals surface area contributed by atoms with Crippen LogP contribution >= 0.6 is 11.6 Å². The summed E-state index contributed by atoms with van der Waals surface area (Å²) in [4.78, 5) is 17.3. The Labute approximate surface area is 200 Å². The minimum Gasteiger partial charge on any atom is -0.360 e. The van der Waals surface area contributed by atoms with Gasteiger partial charge in [0.05, 0.1) is 11.3 Å². The maximum absolute atomic E-state index is 12.8.